The van der Waals surface area contributed by atoms with Crippen LogP contribution in [0.3, 0.4) is 0 Å². The van der Waals surface area contributed by atoms with Crippen LogP contribution in [0.25, 0.3) is 11.0 Å². The maximum absolute atomic E-state index is 16.2. The lowest BCUT2D eigenvalue weighted by Gasteiger charge is -2.27. The Balaban J connectivity index is 1.30. The van der Waals surface area contributed by atoms with Crippen LogP contribution in [0.2, 0.25) is 5.02 Å². The summed E-state index contributed by atoms with van der Waals surface area (Å²) in [4.78, 5) is 16.3. The Bertz CT molecular complexity index is 1820. The van der Waals surface area contributed by atoms with E-state index >= 15 is 4.39 Å². The molecule has 7 nitrogen and oxygen atoms in total. The van der Waals surface area contributed by atoms with E-state index in [0.29, 0.717) is 35.6 Å². The number of hydrogen-bond acceptors (Lipinski definition) is 5. The molecule has 0 radical (unpaired) electrons. The van der Waals surface area contributed by atoms with Crippen LogP contribution in [0, 0.1) is 5.82 Å². The SMILES string of the molecule is C=C(F)/C=C(/Cc1nc2ccc(C(=O)O)cc2n1C[C@@H]1CCO1)CC(F)c1cccc2c1OC(C)(c1ccc(Cl)cc1F)O2. The molecule has 44 heavy (non-hydrogen) atoms. The Hall–Kier alpha value is -4.28. The molecule has 0 aliphatic carbocycles. The van der Waals surface area contributed by atoms with Crippen LogP contribution >= 0.6 is 11.6 Å². The maximum Gasteiger partial charge on any atom is 0.335 e. The monoisotopic (exact) mass is 624 g/mol. The van der Waals surface area contributed by atoms with Crippen molar-refractivity contribution in [2.75, 3.05) is 6.61 Å². The van der Waals surface area contributed by atoms with Crippen molar-refractivity contribution in [1.82, 2.24) is 9.55 Å². The van der Waals surface area contributed by atoms with E-state index in [4.69, 9.17) is 25.8 Å². The van der Waals surface area contributed by atoms with Crippen molar-refractivity contribution in [3.8, 4) is 11.5 Å². The molecule has 2 aliphatic rings. The molecule has 3 atom stereocenters. The lowest BCUT2D eigenvalue weighted by molar-refractivity contribution is -0.0713. The number of para-hydroxylation sites is 1. The zero-order valence-corrected chi connectivity index (χ0v) is 24.4. The summed E-state index contributed by atoms with van der Waals surface area (Å²) >= 11 is 5.91. The van der Waals surface area contributed by atoms with Crippen LogP contribution in [-0.2, 0) is 23.5 Å². The number of halogens is 4. The van der Waals surface area contributed by atoms with Gasteiger partial charge in [0.1, 0.15) is 23.6 Å². The van der Waals surface area contributed by atoms with Gasteiger partial charge in [-0.15, -0.1) is 0 Å². The van der Waals surface area contributed by atoms with E-state index in [2.05, 4.69) is 11.6 Å². The zero-order valence-electron chi connectivity index (χ0n) is 23.7. The van der Waals surface area contributed by atoms with Gasteiger partial charge < -0.3 is 23.9 Å². The third-order valence-corrected chi connectivity index (χ3v) is 8.04. The standard InChI is InChI=1S/C33H28ClF3N2O5/c1-18(35)12-19(14-30-38-27-9-6-20(32(40)41)15-28(27)39(30)17-22-10-11-42-22)13-25(36)23-4-3-5-29-31(23)44-33(2,43-29)24-8-7-21(34)16-26(24)37/h3-9,12,15-16,22,25H,1,10-11,13-14,17H2,2H3,(H,40,41)/b19-12+/t22-,25?,33?/m0/s1. The highest BCUT2D eigenvalue weighted by Crippen LogP contribution is 2.49. The second-order valence-corrected chi connectivity index (χ2v) is 11.4. The highest BCUT2D eigenvalue weighted by Gasteiger charge is 2.43. The number of allylic oxidation sites excluding steroid dienone is 3. The van der Waals surface area contributed by atoms with Gasteiger partial charge in [-0.3, -0.25) is 0 Å². The topological polar surface area (TPSA) is 82.8 Å². The summed E-state index contributed by atoms with van der Waals surface area (Å²) in [6.45, 7) is 5.91. The third-order valence-electron chi connectivity index (χ3n) is 7.81. The second kappa shape index (κ2) is 11.7. The molecule has 1 fully saturated rings. The van der Waals surface area contributed by atoms with Crippen molar-refractivity contribution in [3.05, 3.63) is 112 Å². The highest BCUT2D eigenvalue weighted by molar-refractivity contribution is 6.30. The van der Waals surface area contributed by atoms with Gasteiger partial charge in [-0.25, -0.2) is 22.9 Å². The van der Waals surface area contributed by atoms with Crippen LogP contribution in [0.15, 0.2) is 78.7 Å². The molecular formula is C33H28ClF3N2O5. The second-order valence-electron chi connectivity index (χ2n) is 11.0. The predicted molar refractivity (Wildman–Crippen MR) is 158 cm³/mol. The number of rotatable bonds is 10. The molecule has 0 amide bonds. The fourth-order valence-electron chi connectivity index (χ4n) is 5.59. The molecule has 2 aliphatic heterocycles. The first kappa shape index (κ1) is 29.8. The molecule has 3 aromatic carbocycles. The van der Waals surface area contributed by atoms with Crippen LogP contribution in [0.5, 0.6) is 11.5 Å². The average molecular weight is 625 g/mol. The molecule has 4 aromatic rings. The summed E-state index contributed by atoms with van der Waals surface area (Å²) in [6.07, 6.45) is 0.0794. The summed E-state index contributed by atoms with van der Waals surface area (Å²) in [6, 6.07) is 13.4. The van der Waals surface area contributed by atoms with Gasteiger partial charge in [-0.05, 0) is 55.0 Å². The Labute approximate surface area is 256 Å². The first-order valence-electron chi connectivity index (χ1n) is 14.0. The first-order valence-corrected chi connectivity index (χ1v) is 14.4. The average Bonchev–Trinajstić information content (AvgIpc) is 3.46. The summed E-state index contributed by atoms with van der Waals surface area (Å²) in [5.74, 6) is -3.18. The van der Waals surface area contributed by atoms with Crippen molar-refractivity contribution in [2.45, 2.75) is 50.8 Å². The summed E-state index contributed by atoms with van der Waals surface area (Å²) < 4.78 is 64.6. The van der Waals surface area contributed by atoms with Crippen LogP contribution < -0.4 is 9.47 Å². The van der Waals surface area contributed by atoms with E-state index in [-0.39, 0.29) is 52.2 Å². The zero-order chi connectivity index (χ0) is 31.2. The van der Waals surface area contributed by atoms with Crippen molar-refractivity contribution < 1.29 is 37.3 Å². The number of imidazole rings is 1. The Morgan fingerprint density at radius 1 is 1.25 bits per heavy atom. The number of carbonyl (C=O) groups is 1. The van der Waals surface area contributed by atoms with Crippen LogP contribution in [-0.4, -0.2) is 33.3 Å². The minimum atomic E-state index is -1.66. The molecule has 228 valence electrons. The smallest absolute Gasteiger partial charge is 0.335 e. The van der Waals surface area contributed by atoms with Crippen molar-refractivity contribution >= 4 is 28.6 Å². The number of fused-ring (bicyclic) bond motifs is 2. The van der Waals surface area contributed by atoms with Crippen molar-refractivity contribution in [2.24, 2.45) is 0 Å². The lowest BCUT2D eigenvalue weighted by atomic mass is 9.98. The Morgan fingerprint density at radius 3 is 2.73 bits per heavy atom. The van der Waals surface area contributed by atoms with E-state index in [1.807, 2.05) is 4.57 Å². The number of ether oxygens (including phenoxy) is 3. The molecule has 6 rings (SSSR count). The minimum absolute atomic E-state index is 0.0627. The molecule has 1 aromatic heterocycles. The van der Waals surface area contributed by atoms with Crippen molar-refractivity contribution in [3.63, 3.8) is 0 Å². The molecule has 3 heterocycles. The highest BCUT2D eigenvalue weighted by atomic mass is 35.5. The quantitative estimate of drug-likeness (QED) is 0.180. The van der Waals surface area contributed by atoms with Crippen LogP contribution in [0.4, 0.5) is 13.2 Å². The molecule has 0 saturated carbocycles. The predicted octanol–water partition coefficient (Wildman–Crippen LogP) is 8.01. The van der Waals surface area contributed by atoms with Gasteiger partial charge in [-0.2, -0.15) is 0 Å². The number of aromatic carboxylic acids is 1. The summed E-state index contributed by atoms with van der Waals surface area (Å²) in [5.41, 5.74) is 1.85. The third kappa shape index (κ3) is 5.79. The van der Waals surface area contributed by atoms with Gasteiger partial charge in [0, 0.05) is 37.0 Å². The van der Waals surface area contributed by atoms with E-state index in [1.54, 1.807) is 18.2 Å². The Kier molecular flexibility index (Phi) is 7.89. The van der Waals surface area contributed by atoms with E-state index in [9.17, 15) is 18.7 Å². The maximum atomic E-state index is 16.2. The fraction of sp³-hybridized carbons (Fsp3) is 0.273. The summed E-state index contributed by atoms with van der Waals surface area (Å²) in [7, 11) is 0. The number of carboxylic acids is 1. The van der Waals surface area contributed by atoms with Gasteiger partial charge in [0.25, 0.3) is 5.79 Å². The molecule has 1 saturated heterocycles. The number of aromatic nitrogens is 2. The number of nitrogens with zero attached hydrogens (tertiary/aromatic N) is 2. The number of alkyl halides is 1. The van der Waals surface area contributed by atoms with Gasteiger partial charge in [-0.1, -0.05) is 35.9 Å². The van der Waals surface area contributed by atoms with Gasteiger partial charge >= 0.3 is 5.97 Å². The number of carboxylic acid groups (broad SMARTS) is 1. The van der Waals surface area contributed by atoms with Crippen molar-refractivity contribution in [1.29, 1.82) is 0 Å². The van der Waals surface area contributed by atoms with Gasteiger partial charge in [0.05, 0.1) is 34.8 Å². The van der Waals surface area contributed by atoms with Crippen LogP contribution in [0.1, 0.15) is 53.2 Å². The van der Waals surface area contributed by atoms with E-state index in [1.165, 1.54) is 43.3 Å². The molecule has 0 spiro atoms. The van der Waals surface area contributed by atoms with E-state index < -0.39 is 29.6 Å². The van der Waals surface area contributed by atoms with E-state index in [0.717, 1.165) is 12.5 Å². The number of hydrogen-bond donors (Lipinski definition) is 1. The molecule has 1 N–H and O–H groups in total. The summed E-state index contributed by atoms with van der Waals surface area (Å²) in [5, 5.41) is 9.73. The Morgan fingerprint density at radius 2 is 2.05 bits per heavy atom. The molecule has 0 bridgehead atoms. The molecule has 11 heteroatoms. The molecule has 2 unspecified atom stereocenters. The largest absolute Gasteiger partial charge is 0.478 e. The minimum Gasteiger partial charge on any atom is -0.478 e. The lowest BCUT2D eigenvalue weighted by Crippen LogP contribution is -2.32. The number of benzene rings is 3. The molecular weight excluding hydrogens is 597 g/mol. The van der Waals surface area contributed by atoms with Gasteiger partial charge in [0.2, 0.25) is 0 Å². The van der Waals surface area contributed by atoms with Gasteiger partial charge in [0.15, 0.2) is 11.5 Å². The first-order chi connectivity index (χ1) is 21.0. The fourth-order valence-corrected chi connectivity index (χ4v) is 5.74. The normalized spacial score (nSPS) is 20.0.